The number of ether oxygens (including phenoxy) is 1. The first-order valence-electron chi connectivity index (χ1n) is 11.9. The summed E-state index contributed by atoms with van der Waals surface area (Å²) in [5.74, 6) is -0.238. The Bertz CT molecular complexity index is 1190. The summed E-state index contributed by atoms with van der Waals surface area (Å²) in [7, 11) is 0. The van der Waals surface area contributed by atoms with Gasteiger partial charge in [-0.25, -0.2) is 0 Å². The van der Waals surface area contributed by atoms with E-state index in [1.54, 1.807) is 42.5 Å². The molecule has 1 fully saturated rings. The van der Waals surface area contributed by atoms with Gasteiger partial charge in [0.15, 0.2) is 0 Å². The maximum absolute atomic E-state index is 13.3. The van der Waals surface area contributed by atoms with E-state index in [-0.39, 0.29) is 30.3 Å². The summed E-state index contributed by atoms with van der Waals surface area (Å²) < 4.78 is 45.5. The first kappa shape index (κ1) is 26.6. The van der Waals surface area contributed by atoms with E-state index in [0.717, 1.165) is 17.3 Å². The van der Waals surface area contributed by atoms with Crippen LogP contribution >= 0.6 is 0 Å². The second-order valence-corrected chi connectivity index (χ2v) is 9.02. The topological polar surface area (TPSA) is 86.7 Å². The molecular formula is C27H29F3N4O3. The highest BCUT2D eigenvalue weighted by Gasteiger charge is 2.34. The number of carbonyl (C=O) groups excluding carboxylic acids is 1. The van der Waals surface area contributed by atoms with Gasteiger partial charge in [0.1, 0.15) is 0 Å². The summed E-state index contributed by atoms with van der Waals surface area (Å²) >= 11 is 0. The number of aliphatic hydroxyl groups is 1. The normalized spacial score (nSPS) is 17.7. The minimum atomic E-state index is -4.46. The third kappa shape index (κ3) is 6.85. The molecule has 2 aromatic carbocycles. The van der Waals surface area contributed by atoms with Gasteiger partial charge >= 0.3 is 6.18 Å². The number of aryl methyl sites for hydroxylation is 1. The van der Waals surface area contributed by atoms with Crippen LogP contribution in [0.5, 0.6) is 0 Å². The van der Waals surface area contributed by atoms with E-state index in [1.165, 1.54) is 18.3 Å². The minimum absolute atomic E-state index is 0.0192. The van der Waals surface area contributed by atoms with E-state index < -0.39 is 11.7 Å². The van der Waals surface area contributed by atoms with Crippen LogP contribution < -0.4 is 10.6 Å². The predicted octanol–water partition coefficient (Wildman–Crippen LogP) is 4.35. The molecule has 1 amide bonds. The number of anilines is 2. The summed E-state index contributed by atoms with van der Waals surface area (Å²) in [6.45, 7) is 3.31. The molecule has 0 aliphatic carbocycles. The van der Waals surface area contributed by atoms with Crippen LogP contribution in [0, 0.1) is 12.8 Å². The summed E-state index contributed by atoms with van der Waals surface area (Å²) in [5.41, 5.74) is 1.95. The van der Waals surface area contributed by atoms with Gasteiger partial charge in [-0.15, -0.1) is 0 Å². The molecule has 0 radical (unpaired) electrons. The van der Waals surface area contributed by atoms with E-state index in [2.05, 4.69) is 15.6 Å². The lowest BCUT2D eigenvalue weighted by Crippen LogP contribution is -2.44. The van der Waals surface area contributed by atoms with Crippen molar-refractivity contribution in [1.29, 1.82) is 0 Å². The monoisotopic (exact) mass is 514 g/mol. The summed E-state index contributed by atoms with van der Waals surface area (Å²) in [6.07, 6.45) is -2.92. The number of para-hydroxylation sites is 1. The van der Waals surface area contributed by atoms with Gasteiger partial charge in [0.2, 0.25) is 0 Å². The molecule has 1 saturated heterocycles. The van der Waals surface area contributed by atoms with E-state index >= 15 is 0 Å². The van der Waals surface area contributed by atoms with E-state index in [4.69, 9.17) is 4.74 Å². The van der Waals surface area contributed by atoms with Crippen molar-refractivity contribution in [2.45, 2.75) is 25.7 Å². The van der Waals surface area contributed by atoms with E-state index in [9.17, 15) is 23.1 Å². The Morgan fingerprint density at radius 1 is 1.11 bits per heavy atom. The van der Waals surface area contributed by atoms with Gasteiger partial charge < -0.3 is 20.5 Å². The maximum atomic E-state index is 13.3. The number of alkyl halides is 3. The fraction of sp³-hybridized carbons (Fsp3) is 0.333. The molecule has 37 heavy (non-hydrogen) atoms. The van der Waals surface area contributed by atoms with Gasteiger partial charge in [-0.05, 0) is 48.9 Å². The average molecular weight is 515 g/mol. The minimum Gasteiger partial charge on any atom is -0.381 e. The molecular weight excluding hydrogens is 485 g/mol. The van der Waals surface area contributed by atoms with Gasteiger partial charge in [-0.1, -0.05) is 24.3 Å². The van der Waals surface area contributed by atoms with Gasteiger partial charge in [0.05, 0.1) is 36.8 Å². The van der Waals surface area contributed by atoms with Crippen molar-refractivity contribution in [3.05, 3.63) is 89.2 Å². The molecule has 3 N–H and O–H groups in total. The molecule has 0 spiro atoms. The first-order valence-corrected chi connectivity index (χ1v) is 11.9. The largest absolute Gasteiger partial charge is 0.418 e. The van der Waals surface area contributed by atoms with Crippen LogP contribution in [0.1, 0.15) is 27.2 Å². The van der Waals surface area contributed by atoms with Crippen LogP contribution in [-0.2, 0) is 17.5 Å². The number of rotatable bonds is 9. The molecule has 1 aliphatic heterocycles. The number of hydrogen-bond acceptors (Lipinski definition) is 6. The third-order valence-electron chi connectivity index (χ3n) is 6.36. The zero-order valence-electron chi connectivity index (χ0n) is 20.3. The number of carbonyl (C=O) groups is 1. The molecule has 7 nitrogen and oxygen atoms in total. The van der Waals surface area contributed by atoms with Gasteiger partial charge in [-0.3, -0.25) is 14.7 Å². The van der Waals surface area contributed by atoms with Crippen molar-refractivity contribution in [2.24, 2.45) is 5.92 Å². The van der Waals surface area contributed by atoms with Gasteiger partial charge in [0.25, 0.3) is 5.91 Å². The van der Waals surface area contributed by atoms with Crippen molar-refractivity contribution in [3.8, 4) is 0 Å². The molecule has 1 aromatic heterocycles. The van der Waals surface area contributed by atoms with Crippen molar-refractivity contribution < 1.29 is 27.8 Å². The zero-order chi connectivity index (χ0) is 26.4. The number of benzene rings is 2. The lowest BCUT2D eigenvalue weighted by Gasteiger charge is -2.30. The number of pyridine rings is 1. The predicted molar refractivity (Wildman–Crippen MR) is 133 cm³/mol. The first-order chi connectivity index (χ1) is 17.7. The molecule has 2 heterocycles. The smallest absolute Gasteiger partial charge is 0.381 e. The van der Waals surface area contributed by atoms with Gasteiger partial charge in [-0.2, -0.15) is 13.2 Å². The Morgan fingerprint density at radius 3 is 2.54 bits per heavy atom. The van der Waals surface area contributed by atoms with Crippen LogP contribution in [0.15, 0.2) is 66.9 Å². The second kappa shape index (κ2) is 11.7. The van der Waals surface area contributed by atoms with Crippen LogP contribution in [0.3, 0.4) is 0 Å². The zero-order valence-corrected chi connectivity index (χ0v) is 20.3. The number of amides is 1. The molecule has 2 atom stereocenters. The van der Waals surface area contributed by atoms with Crippen molar-refractivity contribution in [1.82, 2.24) is 15.2 Å². The molecule has 196 valence electrons. The lowest BCUT2D eigenvalue weighted by atomic mass is 10.0. The summed E-state index contributed by atoms with van der Waals surface area (Å²) in [5, 5.41) is 15.8. The van der Waals surface area contributed by atoms with Crippen LogP contribution in [-0.4, -0.2) is 53.4 Å². The Hall–Kier alpha value is -3.47. The highest BCUT2D eigenvalue weighted by molar-refractivity contribution is 5.93. The SMILES string of the molecule is Cc1ccc(C(=O)NCC2COCC2N(CO)Cc2ccc(Nc3ccccc3C(F)(F)F)cc2)cn1. The number of aliphatic hydroxyl groups excluding tert-OH is 1. The fourth-order valence-electron chi connectivity index (χ4n) is 4.31. The van der Waals surface area contributed by atoms with Crippen LogP contribution in [0.2, 0.25) is 0 Å². The van der Waals surface area contributed by atoms with Crippen LogP contribution in [0.25, 0.3) is 0 Å². The van der Waals surface area contributed by atoms with Crippen molar-refractivity contribution >= 4 is 17.3 Å². The standard InChI is InChI=1S/C27H29F3N4O3/c1-18-6-9-20(12-31-18)26(36)32-13-21-15-37-16-25(21)34(17-35)14-19-7-10-22(11-8-19)33-24-5-3-2-4-23(24)27(28,29)30/h2-12,21,25,33,35H,13-17H2,1H3,(H,32,36). The van der Waals surface area contributed by atoms with E-state index in [1.807, 2.05) is 11.8 Å². The Morgan fingerprint density at radius 2 is 1.86 bits per heavy atom. The van der Waals surface area contributed by atoms with Gasteiger partial charge in [0, 0.05) is 42.6 Å². The van der Waals surface area contributed by atoms with Crippen molar-refractivity contribution in [2.75, 3.05) is 31.8 Å². The lowest BCUT2D eigenvalue weighted by molar-refractivity contribution is -0.136. The van der Waals surface area contributed by atoms with E-state index in [0.29, 0.717) is 37.6 Å². The fourth-order valence-corrected chi connectivity index (χ4v) is 4.31. The quantitative estimate of drug-likeness (QED) is 0.368. The van der Waals surface area contributed by atoms with Crippen molar-refractivity contribution in [3.63, 3.8) is 0 Å². The molecule has 3 aromatic rings. The molecule has 2 unspecified atom stereocenters. The summed E-state index contributed by atoms with van der Waals surface area (Å²) in [6, 6.07) is 15.7. The summed E-state index contributed by atoms with van der Waals surface area (Å²) in [4.78, 5) is 18.5. The highest BCUT2D eigenvalue weighted by Crippen LogP contribution is 2.36. The Kier molecular flexibility index (Phi) is 8.42. The molecule has 0 saturated carbocycles. The number of aromatic nitrogens is 1. The average Bonchev–Trinajstić information content (AvgIpc) is 3.35. The number of nitrogens with one attached hydrogen (secondary N) is 2. The second-order valence-electron chi connectivity index (χ2n) is 9.02. The van der Waals surface area contributed by atoms with Crippen LogP contribution in [0.4, 0.5) is 24.5 Å². The Labute approximate surface area is 213 Å². The Balaban J connectivity index is 1.36. The third-order valence-corrected chi connectivity index (χ3v) is 6.36. The maximum Gasteiger partial charge on any atom is 0.418 e. The molecule has 4 rings (SSSR count). The number of halogens is 3. The molecule has 1 aliphatic rings. The molecule has 10 heteroatoms. The highest BCUT2D eigenvalue weighted by atomic mass is 19.4. The molecule has 0 bridgehead atoms. The number of hydrogen-bond donors (Lipinski definition) is 3. The number of nitrogens with zero attached hydrogens (tertiary/aromatic N) is 2.